The van der Waals surface area contributed by atoms with E-state index in [2.05, 4.69) is 20.2 Å². The summed E-state index contributed by atoms with van der Waals surface area (Å²) >= 11 is 0. The van der Waals surface area contributed by atoms with Gasteiger partial charge in [-0.05, 0) is 50.3 Å². The molecule has 8 heteroatoms. The SMILES string of the molecule is Cc1cc(C(=O)N2CCCC(CCc3noc(-c4cccnc4)n3)C2)n(C)n1. The molecule has 1 aliphatic rings. The molecular weight excluding hydrogens is 356 g/mol. The molecule has 8 nitrogen and oxygen atoms in total. The second-order valence-electron chi connectivity index (χ2n) is 7.35. The second-order valence-corrected chi connectivity index (χ2v) is 7.35. The number of hydrogen-bond donors (Lipinski definition) is 0. The highest BCUT2D eigenvalue weighted by atomic mass is 16.5. The van der Waals surface area contributed by atoms with E-state index in [1.54, 1.807) is 17.1 Å². The van der Waals surface area contributed by atoms with Crippen LogP contribution in [0, 0.1) is 12.8 Å². The predicted octanol–water partition coefficient (Wildman–Crippen LogP) is 2.66. The van der Waals surface area contributed by atoms with Crippen LogP contribution in [0.25, 0.3) is 11.5 Å². The Balaban J connectivity index is 1.35. The maximum Gasteiger partial charge on any atom is 0.272 e. The van der Waals surface area contributed by atoms with Crippen LogP contribution in [0.1, 0.15) is 41.3 Å². The molecule has 1 unspecified atom stereocenters. The second kappa shape index (κ2) is 7.92. The molecule has 0 bridgehead atoms. The van der Waals surface area contributed by atoms with Crippen LogP contribution < -0.4 is 0 Å². The largest absolute Gasteiger partial charge is 0.337 e. The number of carbonyl (C=O) groups is 1. The van der Waals surface area contributed by atoms with Gasteiger partial charge in [0, 0.05) is 39.0 Å². The monoisotopic (exact) mass is 380 g/mol. The quantitative estimate of drug-likeness (QED) is 0.676. The zero-order valence-electron chi connectivity index (χ0n) is 16.2. The molecule has 3 aromatic heterocycles. The molecule has 0 N–H and O–H groups in total. The van der Waals surface area contributed by atoms with Crippen molar-refractivity contribution >= 4 is 5.91 Å². The molecule has 0 radical (unpaired) electrons. The third-order valence-electron chi connectivity index (χ3n) is 5.18. The number of nitrogens with zero attached hydrogens (tertiary/aromatic N) is 6. The lowest BCUT2D eigenvalue weighted by Gasteiger charge is -2.32. The third-order valence-corrected chi connectivity index (χ3v) is 5.18. The van der Waals surface area contributed by atoms with Crippen LogP contribution >= 0.6 is 0 Å². The van der Waals surface area contributed by atoms with Gasteiger partial charge in [0.05, 0.1) is 11.3 Å². The van der Waals surface area contributed by atoms with Crippen molar-refractivity contribution in [3.63, 3.8) is 0 Å². The molecule has 1 fully saturated rings. The minimum Gasteiger partial charge on any atom is -0.337 e. The molecule has 1 saturated heterocycles. The number of aromatic nitrogens is 5. The van der Waals surface area contributed by atoms with Crippen LogP contribution in [0.4, 0.5) is 0 Å². The van der Waals surface area contributed by atoms with Gasteiger partial charge in [0.1, 0.15) is 5.69 Å². The molecule has 0 saturated carbocycles. The Morgan fingerprint density at radius 2 is 2.29 bits per heavy atom. The number of rotatable bonds is 5. The van der Waals surface area contributed by atoms with E-state index in [4.69, 9.17) is 4.52 Å². The highest BCUT2D eigenvalue weighted by Gasteiger charge is 2.26. The summed E-state index contributed by atoms with van der Waals surface area (Å²) in [6, 6.07) is 5.59. The minimum absolute atomic E-state index is 0.0613. The summed E-state index contributed by atoms with van der Waals surface area (Å²) in [4.78, 5) is 23.3. The first kappa shape index (κ1) is 18.3. The Kier molecular flexibility index (Phi) is 5.18. The molecule has 4 rings (SSSR count). The number of aryl methyl sites for hydroxylation is 3. The van der Waals surface area contributed by atoms with Gasteiger partial charge < -0.3 is 9.42 Å². The molecule has 3 aromatic rings. The molecule has 1 atom stereocenters. The van der Waals surface area contributed by atoms with Crippen molar-refractivity contribution in [3.8, 4) is 11.5 Å². The molecule has 0 aromatic carbocycles. The highest BCUT2D eigenvalue weighted by molar-refractivity contribution is 5.92. The molecule has 1 amide bonds. The van der Waals surface area contributed by atoms with Gasteiger partial charge in [-0.3, -0.25) is 14.5 Å². The zero-order chi connectivity index (χ0) is 19.5. The lowest BCUT2D eigenvalue weighted by molar-refractivity contribution is 0.0657. The summed E-state index contributed by atoms with van der Waals surface area (Å²) in [6.07, 6.45) is 7.22. The lowest BCUT2D eigenvalue weighted by Crippen LogP contribution is -2.40. The molecule has 0 aliphatic carbocycles. The third kappa shape index (κ3) is 3.95. The fourth-order valence-electron chi connectivity index (χ4n) is 3.75. The smallest absolute Gasteiger partial charge is 0.272 e. The van der Waals surface area contributed by atoms with Crippen molar-refractivity contribution in [1.29, 1.82) is 0 Å². The van der Waals surface area contributed by atoms with E-state index in [1.807, 2.05) is 37.1 Å². The predicted molar refractivity (Wildman–Crippen MR) is 102 cm³/mol. The maximum atomic E-state index is 12.8. The van der Waals surface area contributed by atoms with Gasteiger partial charge in [-0.15, -0.1) is 0 Å². The van der Waals surface area contributed by atoms with Crippen molar-refractivity contribution in [1.82, 2.24) is 29.8 Å². The van der Waals surface area contributed by atoms with Gasteiger partial charge in [-0.25, -0.2) is 0 Å². The van der Waals surface area contributed by atoms with Crippen molar-refractivity contribution < 1.29 is 9.32 Å². The van der Waals surface area contributed by atoms with Gasteiger partial charge in [0.2, 0.25) is 0 Å². The van der Waals surface area contributed by atoms with E-state index < -0.39 is 0 Å². The number of piperidine rings is 1. The average Bonchev–Trinajstić information content (AvgIpc) is 3.33. The van der Waals surface area contributed by atoms with Crippen molar-refractivity contribution in [3.05, 3.63) is 47.8 Å². The first-order valence-electron chi connectivity index (χ1n) is 9.63. The van der Waals surface area contributed by atoms with E-state index in [-0.39, 0.29) is 5.91 Å². The van der Waals surface area contributed by atoms with E-state index in [9.17, 15) is 4.79 Å². The number of amides is 1. The molecule has 0 spiro atoms. The number of likely N-dealkylation sites (tertiary alicyclic amines) is 1. The van der Waals surface area contributed by atoms with Crippen LogP contribution in [0.15, 0.2) is 35.1 Å². The van der Waals surface area contributed by atoms with Crippen LogP contribution in [-0.2, 0) is 13.5 Å². The van der Waals surface area contributed by atoms with Crippen LogP contribution in [0.5, 0.6) is 0 Å². The number of hydrogen-bond acceptors (Lipinski definition) is 6. The van der Waals surface area contributed by atoms with Crippen LogP contribution in [0.3, 0.4) is 0 Å². The Labute approximate surface area is 163 Å². The van der Waals surface area contributed by atoms with Gasteiger partial charge in [-0.2, -0.15) is 10.1 Å². The van der Waals surface area contributed by atoms with E-state index in [0.717, 1.165) is 50.0 Å². The van der Waals surface area contributed by atoms with Crippen LogP contribution in [0.2, 0.25) is 0 Å². The van der Waals surface area contributed by atoms with Crippen molar-refractivity contribution in [2.75, 3.05) is 13.1 Å². The fraction of sp³-hybridized carbons (Fsp3) is 0.450. The van der Waals surface area contributed by atoms with E-state index in [1.165, 1.54) is 0 Å². The average molecular weight is 380 g/mol. The summed E-state index contributed by atoms with van der Waals surface area (Å²) in [5.41, 5.74) is 2.33. The van der Waals surface area contributed by atoms with E-state index in [0.29, 0.717) is 23.3 Å². The standard InChI is InChI=1S/C20H24N6O2/c1-14-11-17(25(2)23-14)20(27)26-10-4-5-15(13-26)7-8-18-22-19(28-24-18)16-6-3-9-21-12-16/h3,6,9,11-12,15H,4-5,7-8,10,13H2,1-2H3. The molecule has 146 valence electrons. The minimum atomic E-state index is 0.0613. The first-order chi connectivity index (χ1) is 13.6. The topological polar surface area (TPSA) is 89.9 Å². The first-order valence-corrected chi connectivity index (χ1v) is 9.63. The Morgan fingerprint density at radius 1 is 1.39 bits per heavy atom. The summed E-state index contributed by atoms with van der Waals surface area (Å²) in [6.45, 7) is 3.46. The summed E-state index contributed by atoms with van der Waals surface area (Å²) < 4.78 is 7.02. The molecule has 1 aliphatic heterocycles. The Bertz CT molecular complexity index is 949. The van der Waals surface area contributed by atoms with Crippen LogP contribution in [-0.4, -0.2) is 48.8 Å². The van der Waals surface area contributed by atoms with Gasteiger partial charge in [0.25, 0.3) is 11.8 Å². The fourth-order valence-corrected chi connectivity index (χ4v) is 3.75. The lowest BCUT2D eigenvalue weighted by atomic mass is 9.93. The molecule has 28 heavy (non-hydrogen) atoms. The molecular formula is C20H24N6O2. The van der Waals surface area contributed by atoms with Gasteiger partial charge in [0.15, 0.2) is 5.82 Å². The Hall–Kier alpha value is -3.03. The number of carbonyl (C=O) groups excluding carboxylic acids is 1. The summed E-state index contributed by atoms with van der Waals surface area (Å²) in [7, 11) is 1.82. The van der Waals surface area contributed by atoms with Crippen molar-refractivity contribution in [2.45, 2.75) is 32.6 Å². The maximum absolute atomic E-state index is 12.8. The van der Waals surface area contributed by atoms with Crippen molar-refractivity contribution in [2.24, 2.45) is 13.0 Å². The Morgan fingerprint density at radius 3 is 3.04 bits per heavy atom. The zero-order valence-corrected chi connectivity index (χ0v) is 16.2. The normalized spacial score (nSPS) is 17.1. The number of pyridine rings is 1. The van der Waals surface area contributed by atoms with Gasteiger partial charge in [-0.1, -0.05) is 5.16 Å². The summed E-state index contributed by atoms with van der Waals surface area (Å²) in [5, 5.41) is 8.37. The molecule has 4 heterocycles. The summed E-state index contributed by atoms with van der Waals surface area (Å²) in [5.74, 6) is 1.69. The van der Waals surface area contributed by atoms with E-state index >= 15 is 0 Å². The van der Waals surface area contributed by atoms with Gasteiger partial charge >= 0.3 is 0 Å². The highest BCUT2D eigenvalue weighted by Crippen LogP contribution is 2.23.